The van der Waals surface area contributed by atoms with E-state index in [1.54, 1.807) is 7.11 Å². The van der Waals surface area contributed by atoms with Crippen molar-refractivity contribution in [3.63, 3.8) is 0 Å². The quantitative estimate of drug-likeness (QED) is 0.713. The number of methoxy groups -OCH3 is 1. The predicted molar refractivity (Wildman–Crippen MR) is 58.7 cm³/mol. The fourth-order valence-electron chi connectivity index (χ4n) is 2.61. The van der Waals surface area contributed by atoms with Gasteiger partial charge in [-0.2, -0.15) is 0 Å². The highest BCUT2D eigenvalue weighted by Crippen LogP contribution is 2.50. The van der Waals surface area contributed by atoms with E-state index >= 15 is 0 Å². The summed E-state index contributed by atoms with van der Waals surface area (Å²) in [5.41, 5.74) is 0.387. The van der Waals surface area contributed by atoms with E-state index in [2.05, 4.69) is 11.8 Å². The maximum absolute atomic E-state index is 13.0. The number of alkyl halides is 1. The lowest BCUT2D eigenvalue weighted by molar-refractivity contribution is 0.0261. The molecular formula is C12H22FNO. The van der Waals surface area contributed by atoms with Crippen LogP contribution in [0.1, 0.15) is 32.6 Å². The van der Waals surface area contributed by atoms with Gasteiger partial charge in [-0.15, -0.1) is 0 Å². The van der Waals surface area contributed by atoms with Crippen LogP contribution in [0.25, 0.3) is 0 Å². The second-order valence-corrected chi connectivity index (χ2v) is 5.19. The maximum atomic E-state index is 13.0. The summed E-state index contributed by atoms with van der Waals surface area (Å²) < 4.78 is 18.4. The van der Waals surface area contributed by atoms with Crippen molar-refractivity contribution in [2.75, 3.05) is 26.7 Å². The van der Waals surface area contributed by atoms with Crippen LogP contribution in [-0.2, 0) is 4.74 Å². The van der Waals surface area contributed by atoms with Gasteiger partial charge in [-0.25, -0.2) is 4.39 Å². The van der Waals surface area contributed by atoms with E-state index in [-0.39, 0.29) is 0 Å². The number of halogens is 1. The lowest BCUT2D eigenvalue weighted by Gasteiger charge is -2.33. The third-order valence-corrected chi connectivity index (χ3v) is 4.16. The zero-order chi connectivity index (χ0) is 10.9. The van der Waals surface area contributed by atoms with Crippen molar-refractivity contribution in [3.05, 3.63) is 0 Å². The maximum Gasteiger partial charge on any atom is 0.103 e. The first-order chi connectivity index (χ1) is 7.16. The number of rotatable bonds is 4. The Hall–Kier alpha value is -0.150. The van der Waals surface area contributed by atoms with Crippen LogP contribution in [0.3, 0.4) is 0 Å². The van der Waals surface area contributed by atoms with E-state index in [9.17, 15) is 4.39 Å². The summed E-state index contributed by atoms with van der Waals surface area (Å²) in [6.07, 6.45) is 3.78. The fourth-order valence-corrected chi connectivity index (χ4v) is 2.61. The van der Waals surface area contributed by atoms with Gasteiger partial charge in [-0.3, -0.25) is 0 Å². The molecule has 1 atom stereocenters. The third kappa shape index (κ3) is 2.51. The minimum Gasteiger partial charge on any atom is -0.381 e. The topological polar surface area (TPSA) is 12.5 Å². The largest absolute Gasteiger partial charge is 0.381 e. The molecule has 1 aliphatic carbocycles. The number of piperidine rings is 1. The molecule has 1 heterocycles. The summed E-state index contributed by atoms with van der Waals surface area (Å²) in [4.78, 5) is 2.42. The summed E-state index contributed by atoms with van der Waals surface area (Å²) in [7, 11) is 1.79. The van der Waals surface area contributed by atoms with E-state index < -0.39 is 6.17 Å². The Bertz CT molecular complexity index is 210. The Morgan fingerprint density at radius 2 is 2.00 bits per heavy atom. The second-order valence-electron chi connectivity index (χ2n) is 5.19. The average molecular weight is 215 g/mol. The second kappa shape index (κ2) is 4.38. The van der Waals surface area contributed by atoms with Crippen molar-refractivity contribution in [1.29, 1.82) is 0 Å². The van der Waals surface area contributed by atoms with Gasteiger partial charge in [0.15, 0.2) is 0 Å². The first-order valence-electron chi connectivity index (χ1n) is 6.05. The number of likely N-dealkylation sites (tertiary alicyclic amines) is 1. The monoisotopic (exact) mass is 215 g/mol. The van der Waals surface area contributed by atoms with Crippen LogP contribution >= 0.6 is 0 Å². The summed E-state index contributed by atoms with van der Waals surface area (Å²) in [6, 6.07) is 0. The first-order valence-corrected chi connectivity index (χ1v) is 6.05. The molecule has 0 unspecified atom stereocenters. The normalized spacial score (nSPS) is 29.0. The highest BCUT2D eigenvalue weighted by molar-refractivity contribution is 5.00. The van der Waals surface area contributed by atoms with Crippen LogP contribution in [0, 0.1) is 5.41 Å². The van der Waals surface area contributed by atoms with E-state index in [1.165, 1.54) is 12.8 Å². The molecule has 0 amide bonds. The van der Waals surface area contributed by atoms with Crippen molar-refractivity contribution in [2.24, 2.45) is 5.41 Å². The number of hydrogen-bond acceptors (Lipinski definition) is 2. The summed E-state index contributed by atoms with van der Waals surface area (Å²) in [6.45, 7) is 5.13. The molecule has 2 aliphatic rings. The van der Waals surface area contributed by atoms with Crippen LogP contribution in [0.4, 0.5) is 4.39 Å². The molecule has 0 aromatic carbocycles. The van der Waals surface area contributed by atoms with Gasteiger partial charge in [-0.1, -0.05) is 0 Å². The molecule has 0 bridgehead atoms. The van der Waals surface area contributed by atoms with Gasteiger partial charge in [0.05, 0.1) is 6.10 Å². The minimum absolute atomic E-state index is 0.348. The van der Waals surface area contributed by atoms with Gasteiger partial charge < -0.3 is 9.64 Å². The molecule has 1 saturated heterocycles. The van der Waals surface area contributed by atoms with Crippen molar-refractivity contribution in [3.8, 4) is 0 Å². The van der Waals surface area contributed by atoms with Gasteiger partial charge in [-0.05, 0) is 32.6 Å². The molecule has 0 aromatic rings. The Kier molecular flexibility index (Phi) is 3.31. The summed E-state index contributed by atoms with van der Waals surface area (Å²) >= 11 is 0. The van der Waals surface area contributed by atoms with Crippen molar-refractivity contribution >= 4 is 0 Å². The Morgan fingerprint density at radius 1 is 1.40 bits per heavy atom. The molecule has 1 aliphatic heterocycles. The fraction of sp³-hybridized carbons (Fsp3) is 1.00. The molecule has 3 heteroatoms. The molecule has 2 fully saturated rings. The van der Waals surface area contributed by atoms with Gasteiger partial charge in [0, 0.05) is 32.2 Å². The Labute approximate surface area is 91.8 Å². The standard InChI is InChI=1S/C12H22FNO/c1-10(15-2)12(5-6-12)9-14-7-3-11(13)4-8-14/h10-11H,3-9H2,1-2H3/t10-/m0/s1. The summed E-state index contributed by atoms with van der Waals surface area (Å²) in [5.74, 6) is 0. The molecule has 2 nitrogen and oxygen atoms in total. The summed E-state index contributed by atoms with van der Waals surface area (Å²) in [5, 5.41) is 0. The molecule has 2 rings (SSSR count). The van der Waals surface area contributed by atoms with E-state index in [0.29, 0.717) is 11.5 Å². The lowest BCUT2D eigenvalue weighted by atomic mass is 9.98. The molecular weight excluding hydrogens is 193 g/mol. The molecule has 15 heavy (non-hydrogen) atoms. The zero-order valence-corrected chi connectivity index (χ0v) is 9.84. The highest BCUT2D eigenvalue weighted by atomic mass is 19.1. The van der Waals surface area contributed by atoms with E-state index in [4.69, 9.17) is 4.74 Å². The Balaban J connectivity index is 1.81. The third-order valence-electron chi connectivity index (χ3n) is 4.16. The van der Waals surface area contributed by atoms with Crippen LogP contribution < -0.4 is 0 Å². The van der Waals surface area contributed by atoms with E-state index in [1.807, 2.05) is 0 Å². The minimum atomic E-state index is -0.559. The van der Waals surface area contributed by atoms with Crippen LogP contribution in [0.5, 0.6) is 0 Å². The van der Waals surface area contributed by atoms with Gasteiger partial charge in [0.25, 0.3) is 0 Å². The van der Waals surface area contributed by atoms with Crippen LogP contribution in [-0.4, -0.2) is 43.9 Å². The molecule has 1 saturated carbocycles. The van der Waals surface area contributed by atoms with E-state index in [0.717, 1.165) is 32.5 Å². The zero-order valence-electron chi connectivity index (χ0n) is 9.84. The number of hydrogen-bond donors (Lipinski definition) is 0. The molecule has 0 radical (unpaired) electrons. The first kappa shape index (κ1) is 11.3. The lowest BCUT2D eigenvalue weighted by Crippen LogP contribution is -2.41. The molecule has 0 N–H and O–H groups in total. The Morgan fingerprint density at radius 3 is 2.47 bits per heavy atom. The molecule has 0 spiro atoms. The number of nitrogens with zero attached hydrogens (tertiary/aromatic N) is 1. The molecule has 0 aromatic heterocycles. The van der Waals surface area contributed by atoms with Crippen molar-refractivity contribution in [2.45, 2.75) is 44.9 Å². The van der Waals surface area contributed by atoms with Crippen molar-refractivity contribution < 1.29 is 9.13 Å². The highest BCUT2D eigenvalue weighted by Gasteiger charge is 2.48. The smallest absolute Gasteiger partial charge is 0.103 e. The SMILES string of the molecule is CO[C@@H](C)C1(CN2CCC(F)CC2)CC1. The van der Waals surface area contributed by atoms with Crippen molar-refractivity contribution in [1.82, 2.24) is 4.90 Å². The van der Waals surface area contributed by atoms with Gasteiger partial charge >= 0.3 is 0 Å². The number of ether oxygens (including phenoxy) is 1. The predicted octanol–water partition coefficient (Wildman–Crippen LogP) is 2.24. The molecule has 88 valence electrons. The van der Waals surface area contributed by atoms with Crippen LogP contribution in [0.2, 0.25) is 0 Å². The van der Waals surface area contributed by atoms with Crippen LogP contribution in [0.15, 0.2) is 0 Å². The van der Waals surface area contributed by atoms with Gasteiger partial charge in [0.2, 0.25) is 0 Å². The average Bonchev–Trinajstić information content (AvgIpc) is 3.01. The van der Waals surface area contributed by atoms with Gasteiger partial charge in [0.1, 0.15) is 6.17 Å².